The summed E-state index contributed by atoms with van der Waals surface area (Å²) in [5.41, 5.74) is 1.48. The number of fused-ring (bicyclic) bond motifs is 1. The summed E-state index contributed by atoms with van der Waals surface area (Å²) in [6, 6.07) is 5.63. The molecule has 0 saturated carbocycles. The number of aromatic nitrogens is 2. The molecule has 0 aliphatic carbocycles. The van der Waals surface area contributed by atoms with Crippen LogP contribution in [0.4, 0.5) is 10.2 Å². The van der Waals surface area contributed by atoms with Crippen molar-refractivity contribution in [2.24, 2.45) is 0 Å². The molecule has 130 valence electrons. The van der Waals surface area contributed by atoms with E-state index >= 15 is 0 Å². The Morgan fingerprint density at radius 1 is 1.20 bits per heavy atom. The second-order valence-electron chi connectivity index (χ2n) is 5.78. The van der Waals surface area contributed by atoms with E-state index in [0.717, 1.165) is 16.0 Å². The van der Waals surface area contributed by atoms with E-state index in [9.17, 15) is 9.18 Å². The first-order valence-corrected chi connectivity index (χ1v) is 8.79. The van der Waals surface area contributed by atoms with Crippen LogP contribution >= 0.6 is 11.3 Å². The van der Waals surface area contributed by atoms with Crippen molar-refractivity contribution in [3.8, 4) is 0 Å². The molecule has 0 atom stereocenters. The molecular formula is C18H19FN4OS. The smallest absolute Gasteiger partial charge is 0.251 e. The van der Waals surface area contributed by atoms with Crippen LogP contribution in [0.2, 0.25) is 0 Å². The van der Waals surface area contributed by atoms with Gasteiger partial charge in [0.1, 0.15) is 22.3 Å². The van der Waals surface area contributed by atoms with Gasteiger partial charge in [-0.1, -0.05) is 6.07 Å². The van der Waals surface area contributed by atoms with Crippen molar-refractivity contribution in [1.82, 2.24) is 15.3 Å². The van der Waals surface area contributed by atoms with Crippen molar-refractivity contribution < 1.29 is 9.18 Å². The van der Waals surface area contributed by atoms with Crippen molar-refractivity contribution in [3.05, 3.63) is 51.9 Å². The molecule has 0 fully saturated rings. The zero-order valence-corrected chi connectivity index (χ0v) is 15.1. The number of nitrogens with zero attached hydrogens (tertiary/aromatic N) is 2. The SMILES string of the molecule is Cc1nc(NCCNC(=O)c2cccc(F)c2)c2c(C)c(C)sc2n1. The Bertz CT molecular complexity index is 938. The van der Waals surface area contributed by atoms with Crippen LogP contribution < -0.4 is 10.6 Å². The van der Waals surface area contributed by atoms with Crippen molar-refractivity contribution in [2.45, 2.75) is 20.8 Å². The summed E-state index contributed by atoms with van der Waals surface area (Å²) in [6.45, 7) is 6.91. The number of aryl methyl sites for hydroxylation is 3. The minimum absolute atomic E-state index is 0.298. The maximum Gasteiger partial charge on any atom is 0.251 e. The lowest BCUT2D eigenvalue weighted by atomic mass is 10.2. The summed E-state index contributed by atoms with van der Waals surface area (Å²) in [6.07, 6.45) is 0. The van der Waals surface area contributed by atoms with E-state index in [0.29, 0.717) is 24.5 Å². The molecule has 0 bridgehead atoms. The Morgan fingerprint density at radius 2 is 2.00 bits per heavy atom. The highest BCUT2D eigenvalue weighted by molar-refractivity contribution is 7.18. The van der Waals surface area contributed by atoms with Gasteiger partial charge in [0.15, 0.2) is 0 Å². The maximum absolute atomic E-state index is 13.2. The van der Waals surface area contributed by atoms with Gasteiger partial charge in [0, 0.05) is 23.5 Å². The second kappa shape index (κ2) is 7.14. The fourth-order valence-electron chi connectivity index (χ4n) is 2.57. The lowest BCUT2D eigenvalue weighted by Gasteiger charge is -2.10. The minimum atomic E-state index is -0.423. The predicted octanol–water partition coefficient (Wildman–Crippen LogP) is 3.60. The first-order chi connectivity index (χ1) is 12.0. The summed E-state index contributed by atoms with van der Waals surface area (Å²) in [5, 5.41) is 7.07. The quantitative estimate of drug-likeness (QED) is 0.684. The first kappa shape index (κ1) is 17.3. The molecule has 1 aromatic carbocycles. The molecule has 0 spiro atoms. The molecule has 0 aliphatic rings. The van der Waals surface area contributed by atoms with E-state index in [-0.39, 0.29) is 5.91 Å². The maximum atomic E-state index is 13.2. The molecule has 5 nitrogen and oxygen atoms in total. The Kier molecular flexibility index (Phi) is 4.94. The lowest BCUT2D eigenvalue weighted by Crippen LogP contribution is -2.29. The van der Waals surface area contributed by atoms with Gasteiger partial charge in [0.05, 0.1) is 5.39 Å². The third kappa shape index (κ3) is 3.76. The van der Waals surface area contributed by atoms with Crippen LogP contribution in [0.15, 0.2) is 24.3 Å². The van der Waals surface area contributed by atoms with Gasteiger partial charge in [-0.05, 0) is 44.5 Å². The van der Waals surface area contributed by atoms with Crippen molar-refractivity contribution >= 4 is 33.3 Å². The monoisotopic (exact) mass is 358 g/mol. The number of nitrogens with one attached hydrogen (secondary N) is 2. The molecule has 2 aromatic heterocycles. The topological polar surface area (TPSA) is 66.9 Å². The number of thiophene rings is 1. The van der Waals surface area contributed by atoms with E-state index < -0.39 is 5.82 Å². The summed E-state index contributed by atoms with van der Waals surface area (Å²) in [5.74, 6) is 0.769. The summed E-state index contributed by atoms with van der Waals surface area (Å²) in [4.78, 5) is 23.2. The highest BCUT2D eigenvalue weighted by atomic mass is 32.1. The fraction of sp³-hybridized carbons (Fsp3) is 0.278. The molecule has 0 unspecified atom stereocenters. The molecule has 2 N–H and O–H groups in total. The molecule has 0 radical (unpaired) electrons. The summed E-state index contributed by atoms with van der Waals surface area (Å²) >= 11 is 1.65. The number of carbonyl (C=O) groups excluding carboxylic acids is 1. The van der Waals surface area contributed by atoms with Crippen LogP contribution in [0.3, 0.4) is 0 Å². The number of hydrogen-bond donors (Lipinski definition) is 2. The van der Waals surface area contributed by atoms with Crippen LogP contribution in [0, 0.1) is 26.6 Å². The van der Waals surface area contributed by atoms with E-state index in [1.165, 1.54) is 28.6 Å². The molecule has 3 aromatic rings. The summed E-state index contributed by atoms with van der Waals surface area (Å²) in [7, 11) is 0. The molecule has 7 heteroatoms. The largest absolute Gasteiger partial charge is 0.368 e. The summed E-state index contributed by atoms with van der Waals surface area (Å²) < 4.78 is 13.2. The minimum Gasteiger partial charge on any atom is -0.368 e. The van der Waals surface area contributed by atoms with Gasteiger partial charge < -0.3 is 10.6 Å². The highest BCUT2D eigenvalue weighted by Gasteiger charge is 2.13. The number of benzene rings is 1. The molecular weight excluding hydrogens is 339 g/mol. The third-order valence-electron chi connectivity index (χ3n) is 3.93. The second-order valence-corrected chi connectivity index (χ2v) is 6.98. The zero-order valence-electron chi connectivity index (χ0n) is 14.3. The van der Waals surface area contributed by atoms with E-state index in [1.54, 1.807) is 17.4 Å². The van der Waals surface area contributed by atoms with Gasteiger partial charge in [-0.3, -0.25) is 4.79 Å². The van der Waals surface area contributed by atoms with Gasteiger partial charge in [-0.15, -0.1) is 11.3 Å². The highest BCUT2D eigenvalue weighted by Crippen LogP contribution is 2.32. The van der Waals surface area contributed by atoms with Gasteiger partial charge in [-0.25, -0.2) is 14.4 Å². The third-order valence-corrected chi connectivity index (χ3v) is 5.03. The van der Waals surface area contributed by atoms with Crippen LogP contribution in [0.5, 0.6) is 0 Å². The fourth-order valence-corrected chi connectivity index (χ4v) is 3.65. The van der Waals surface area contributed by atoms with E-state index in [2.05, 4.69) is 34.4 Å². The Morgan fingerprint density at radius 3 is 2.76 bits per heavy atom. The van der Waals surface area contributed by atoms with Crippen LogP contribution in [0.25, 0.3) is 10.2 Å². The van der Waals surface area contributed by atoms with E-state index in [1.807, 2.05) is 6.92 Å². The Hall–Kier alpha value is -2.54. The molecule has 3 rings (SSSR count). The Balaban J connectivity index is 1.64. The van der Waals surface area contributed by atoms with Crippen LogP contribution in [0.1, 0.15) is 26.6 Å². The first-order valence-electron chi connectivity index (χ1n) is 7.97. The molecule has 0 aliphatic heterocycles. The number of amides is 1. The number of carbonyl (C=O) groups is 1. The van der Waals surface area contributed by atoms with Crippen molar-refractivity contribution in [3.63, 3.8) is 0 Å². The van der Waals surface area contributed by atoms with Crippen LogP contribution in [-0.4, -0.2) is 29.0 Å². The number of halogens is 1. The Labute approximate surface area is 149 Å². The molecule has 2 heterocycles. The lowest BCUT2D eigenvalue weighted by molar-refractivity contribution is 0.0954. The predicted molar refractivity (Wildman–Crippen MR) is 98.8 cm³/mol. The van der Waals surface area contributed by atoms with Crippen molar-refractivity contribution in [2.75, 3.05) is 18.4 Å². The number of anilines is 1. The van der Waals surface area contributed by atoms with Gasteiger partial charge in [0.2, 0.25) is 0 Å². The zero-order chi connectivity index (χ0) is 18.0. The van der Waals surface area contributed by atoms with Gasteiger partial charge >= 0.3 is 0 Å². The molecule has 25 heavy (non-hydrogen) atoms. The molecule has 1 amide bonds. The van der Waals surface area contributed by atoms with Gasteiger partial charge in [-0.2, -0.15) is 0 Å². The van der Waals surface area contributed by atoms with Crippen molar-refractivity contribution in [1.29, 1.82) is 0 Å². The van der Waals surface area contributed by atoms with Crippen LogP contribution in [-0.2, 0) is 0 Å². The van der Waals surface area contributed by atoms with E-state index in [4.69, 9.17) is 0 Å². The standard InChI is InChI=1S/C18H19FN4OS/c1-10-11(2)25-18-15(10)16(22-12(3)23-18)20-7-8-21-17(24)13-5-4-6-14(19)9-13/h4-6,9H,7-8H2,1-3H3,(H,21,24)(H,20,22,23). The van der Waals surface area contributed by atoms with Gasteiger partial charge in [0.25, 0.3) is 5.91 Å². The normalized spacial score (nSPS) is 10.9. The average Bonchev–Trinajstić information content (AvgIpc) is 2.85. The number of hydrogen-bond acceptors (Lipinski definition) is 5. The molecule has 0 saturated heterocycles. The number of rotatable bonds is 5. The average molecular weight is 358 g/mol.